The highest BCUT2D eigenvalue weighted by molar-refractivity contribution is 5.94. The Balaban J connectivity index is 1.69. The van der Waals surface area contributed by atoms with Crippen LogP contribution in [-0.2, 0) is 19.3 Å². The number of rotatable bonds is 6. The minimum atomic E-state index is 0.118. The second-order valence-electron chi connectivity index (χ2n) is 7.70. The number of benzene rings is 1. The smallest absolute Gasteiger partial charge is 0.274 e. The van der Waals surface area contributed by atoms with Gasteiger partial charge in [0, 0.05) is 30.4 Å². The molecule has 1 fully saturated rings. The van der Waals surface area contributed by atoms with Gasteiger partial charge in [0.15, 0.2) is 5.69 Å². The van der Waals surface area contributed by atoms with E-state index in [0.717, 1.165) is 63.8 Å². The molecule has 1 amide bonds. The van der Waals surface area contributed by atoms with Gasteiger partial charge in [-0.3, -0.25) is 4.79 Å². The van der Waals surface area contributed by atoms with Gasteiger partial charge >= 0.3 is 0 Å². The first-order valence-corrected chi connectivity index (χ1v) is 10.4. The molecule has 1 N–H and O–H groups in total. The summed E-state index contributed by atoms with van der Waals surface area (Å²) in [6.45, 7) is 7.00. The topological polar surface area (TPSA) is 50.2 Å². The van der Waals surface area contributed by atoms with Crippen molar-refractivity contribution in [2.24, 2.45) is 0 Å². The maximum absolute atomic E-state index is 13.4. The van der Waals surface area contributed by atoms with Crippen LogP contribution in [0.25, 0.3) is 5.69 Å². The van der Waals surface area contributed by atoms with Crippen molar-refractivity contribution >= 4 is 5.91 Å². The van der Waals surface area contributed by atoms with E-state index in [1.54, 1.807) is 0 Å². The molecule has 144 valence electrons. The van der Waals surface area contributed by atoms with E-state index in [2.05, 4.69) is 48.3 Å². The standard InChI is InChI=1S/C22H30N4O/c1-3-14-25(18-12-13-23-15-18)22(27)21-19-6-5-7-20(19)26(24-21)17-10-8-16(4-2)9-11-17/h8-11,18,23H,3-7,12-15H2,1-2H3. The molecule has 2 aliphatic rings. The first kappa shape index (κ1) is 18.2. The Morgan fingerprint density at radius 1 is 1.26 bits per heavy atom. The van der Waals surface area contributed by atoms with Gasteiger partial charge in [-0.1, -0.05) is 26.0 Å². The molecule has 0 spiro atoms. The lowest BCUT2D eigenvalue weighted by Crippen LogP contribution is -2.42. The van der Waals surface area contributed by atoms with Gasteiger partial charge in [0.05, 0.1) is 5.69 Å². The number of nitrogens with zero attached hydrogens (tertiary/aromatic N) is 3. The fourth-order valence-corrected chi connectivity index (χ4v) is 4.43. The monoisotopic (exact) mass is 366 g/mol. The number of amides is 1. The second-order valence-corrected chi connectivity index (χ2v) is 7.70. The number of aromatic nitrogens is 2. The molecule has 0 bridgehead atoms. The number of carbonyl (C=O) groups excluding carboxylic acids is 1. The Morgan fingerprint density at radius 3 is 2.74 bits per heavy atom. The molecular weight excluding hydrogens is 336 g/mol. The van der Waals surface area contributed by atoms with E-state index >= 15 is 0 Å². The highest BCUT2D eigenvalue weighted by atomic mass is 16.2. The molecule has 4 rings (SSSR count). The minimum Gasteiger partial charge on any atom is -0.333 e. The summed E-state index contributed by atoms with van der Waals surface area (Å²) >= 11 is 0. The Bertz CT molecular complexity index is 802. The Labute approximate surface area is 161 Å². The zero-order valence-electron chi connectivity index (χ0n) is 16.5. The zero-order chi connectivity index (χ0) is 18.8. The van der Waals surface area contributed by atoms with Crippen LogP contribution in [-0.4, -0.2) is 46.3 Å². The summed E-state index contributed by atoms with van der Waals surface area (Å²) in [4.78, 5) is 15.5. The first-order valence-electron chi connectivity index (χ1n) is 10.4. The molecule has 2 aromatic rings. The van der Waals surface area contributed by atoms with Crippen LogP contribution >= 0.6 is 0 Å². The van der Waals surface area contributed by atoms with Crippen LogP contribution in [0.4, 0.5) is 0 Å². The van der Waals surface area contributed by atoms with Gasteiger partial charge in [0.1, 0.15) is 0 Å². The summed E-state index contributed by atoms with van der Waals surface area (Å²) in [5.41, 5.74) is 5.47. The van der Waals surface area contributed by atoms with Crippen LogP contribution in [0.5, 0.6) is 0 Å². The van der Waals surface area contributed by atoms with E-state index in [4.69, 9.17) is 5.10 Å². The van der Waals surface area contributed by atoms with Gasteiger partial charge in [0.25, 0.3) is 5.91 Å². The van der Waals surface area contributed by atoms with Crippen LogP contribution in [0.3, 0.4) is 0 Å². The molecule has 1 aliphatic heterocycles. The van der Waals surface area contributed by atoms with Gasteiger partial charge in [-0.15, -0.1) is 0 Å². The van der Waals surface area contributed by atoms with Gasteiger partial charge in [-0.2, -0.15) is 5.10 Å². The number of hydrogen-bond acceptors (Lipinski definition) is 3. The minimum absolute atomic E-state index is 0.118. The van der Waals surface area contributed by atoms with Gasteiger partial charge in [-0.25, -0.2) is 4.68 Å². The second kappa shape index (κ2) is 7.85. The molecule has 2 heterocycles. The average molecular weight is 367 g/mol. The summed E-state index contributed by atoms with van der Waals surface area (Å²) in [6.07, 6.45) is 6.12. The van der Waals surface area contributed by atoms with E-state index < -0.39 is 0 Å². The van der Waals surface area contributed by atoms with Crippen molar-refractivity contribution in [2.45, 2.75) is 58.4 Å². The molecule has 0 radical (unpaired) electrons. The van der Waals surface area contributed by atoms with Crippen LogP contribution < -0.4 is 5.32 Å². The van der Waals surface area contributed by atoms with Gasteiger partial charge in [0.2, 0.25) is 0 Å². The third-order valence-corrected chi connectivity index (χ3v) is 5.92. The molecule has 1 aromatic heterocycles. The van der Waals surface area contributed by atoms with Crippen molar-refractivity contribution in [3.63, 3.8) is 0 Å². The third kappa shape index (κ3) is 3.41. The molecule has 1 saturated heterocycles. The lowest BCUT2D eigenvalue weighted by atomic mass is 10.1. The molecular formula is C22H30N4O. The molecule has 1 aromatic carbocycles. The number of aryl methyl sites for hydroxylation is 1. The molecule has 27 heavy (non-hydrogen) atoms. The SMILES string of the molecule is CCCN(C(=O)c1nn(-c2ccc(CC)cc2)c2c1CCC2)C1CCNC1. The van der Waals surface area contributed by atoms with E-state index in [-0.39, 0.29) is 5.91 Å². The maximum Gasteiger partial charge on any atom is 0.274 e. The van der Waals surface area contributed by atoms with Crippen LogP contribution in [0.2, 0.25) is 0 Å². The lowest BCUT2D eigenvalue weighted by Gasteiger charge is -2.27. The summed E-state index contributed by atoms with van der Waals surface area (Å²) in [5.74, 6) is 0.118. The Kier molecular flexibility index (Phi) is 5.30. The van der Waals surface area contributed by atoms with Crippen LogP contribution in [0.1, 0.15) is 60.4 Å². The Morgan fingerprint density at radius 2 is 2.07 bits per heavy atom. The maximum atomic E-state index is 13.4. The van der Waals surface area contributed by atoms with E-state index in [0.29, 0.717) is 11.7 Å². The zero-order valence-corrected chi connectivity index (χ0v) is 16.5. The van der Waals surface area contributed by atoms with Crippen molar-refractivity contribution in [3.8, 4) is 5.69 Å². The summed E-state index contributed by atoms with van der Waals surface area (Å²) < 4.78 is 2.02. The molecule has 1 aliphatic carbocycles. The summed E-state index contributed by atoms with van der Waals surface area (Å²) in [7, 11) is 0. The molecule has 5 nitrogen and oxygen atoms in total. The van der Waals surface area contributed by atoms with E-state index in [9.17, 15) is 4.79 Å². The Hall–Kier alpha value is -2.14. The predicted molar refractivity (Wildman–Crippen MR) is 108 cm³/mol. The quantitative estimate of drug-likeness (QED) is 0.854. The fourth-order valence-electron chi connectivity index (χ4n) is 4.43. The van der Waals surface area contributed by atoms with Gasteiger partial charge < -0.3 is 10.2 Å². The van der Waals surface area contributed by atoms with Crippen LogP contribution in [0, 0.1) is 0 Å². The highest BCUT2D eigenvalue weighted by Crippen LogP contribution is 2.29. The van der Waals surface area contributed by atoms with Crippen molar-refractivity contribution in [3.05, 3.63) is 46.8 Å². The first-order chi connectivity index (χ1) is 13.2. The molecule has 0 saturated carbocycles. The summed E-state index contributed by atoms with van der Waals surface area (Å²) in [6, 6.07) is 8.87. The van der Waals surface area contributed by atoms with Crippen molar-refractivity contribution in [1.29, 1.82) is 0 Å². The lowest BCUT2D eigenvalue weighted by molar-refractivity contribution is 0.0684. The molecule has 1 atom stereocenters. The predicted octanol–water partition coefficient (Wildman–Crippen LogP) is 3.14. The molecule has 1 unspecified atom stereocenters. The average Bonchev–Trinajstić information content (AvgIpc) is 3.43. The highest BCUT2D eigenvalue weighted by Gasteiger charge is 2.33. The van der Waals surface area contributed by atoms with Crippen molar-refractivity contribution in [2.75, 3.05) is 19.6 Å². The molecule has 5 heteroatoms. The summed E-state index contributed by atoms with van der Waals surface area (Å²) in [5, 5.41) is 8.23. The normalized spacial score (nSPS) is 18.7. The van der Waals surface area contributed by atoms with E-state index in [1.165, 1.54) is 16.8 Å². The number of carbonyl (C=O) groups is 1. The largest absolute Gasteiger partial charge is 0.333 e. The number of nitrogens with one attached hydrogen (secondary N) is 1. The van der Waals surface area contributed by atoms with Crippen LogP contribution in [0.15, 0.2) is 24.3 Å². The van der Waals surface area contributed by atoms with Gasteiger partial charge in [-0.05, 0) is 62.8 Å². The van der Waals surface area contributed by atoms with Crippen molar-refractivity contribution < 1.29 is 4.79 Å². The van der Waals surface area contributed by atoms with E-state index in [1.807, 2.05) is 4.68 Å². The number of hydrogen-bond donors (Lipinski definition) is 1. The third-order valence-electron chi connectivity index (χ3n) is 5.92. The fraction of sp³-hybridized carbons (Fsp3) is 0.545. The number of fused-ring (bicyclic) bond motifs is 1. The van der Waals surface area contributed by atoms with Crippen molar-refractivity contribution in [1.82, 2.24) is 20.0 Å².